The van der Waals surface area contributed by atoms with Crippen LogP contribution in [-0.2, 0) is 0 Å². The number of carbonyl (C=O) groups excluding carboxylic acids is 1. The number of nitrogens with one attached hydrogen (secondary N) is 1. The van der Waals surface area contributed by atoms with Crippen LogP contribution in [0.4, 0.5) is 5.69 Å². The first-order valence-corrected chi connectivity index (χ1v) is 9.37. The summed E-state index contributed by atoms with van der Waals surface area (Å²) in [6.07, 6.45) is 3.92. The number of halogens is 1. The average molecular weight is 402 g/mol. The van der Waals surface area contributed by atoms with Crippen LogP contribution in [-0.4, -0.2) is 25.2 Å². The molecular weight excluding hydrogens is 378 g/mol. The van der Waals surface area contributed by atoms with Crippen molar-refractivity contribution in [1.29, 1.82) is 0 Å². The van der Waals surface area contributed by atoms with E-state index >= 15 is 0 Å². The highest BCUT2D eigenvalue weighted by molar-refractivity contribution is 9.10. The molecule has 1 amide bonds. The normalized spacial score (nSPS) is 10.8. The predicted molar refractivity (Wildman–Crippen MR) is 108 cm³/mol. The van der Waals surface area contributed by atoms with Gasteiger partial charge in [0.1, 0.15) is 0 Å². The van der Waals surface area contributed by atoms with Crippen LogP contribution < -0.4 is 10.3 Å². The van der Waals surface area contributed by atoms with E-state index in [1.807, 2.05) is 24.3 Å². The zero-order valence-corrected chi connectivity index (χ0v) is 16.3. The Bertz CT molecular complexity index is 690. The molecule has 4 nitrogen and oxygen atoms in total. The minimum absolute atomic E-state index is 0.225. The standard InChI is InChI=1S/C20H24BrN3O/c1-3-13-24(14-4-2)19-11-5-16(6-12-19)15-22-23-20(25)17-7-9-18(21)10-8-17/h5-12,15H,3-4,13-14H2,1-2H3,(H,23,25)/b22-15+. The number of hydrogen-bond acceptors (Lipinski definition) is 3. The van der Waals surface area contributed by atoms with Gasteiger partial charge in [0.2, 0.25) is 0 Å². The molecule has 2 rings (SSSR count). The number of carbonyl (C=O) groups is 1. The first kappa shape index (κ1) is 19.2. The zero-order chi connectivity index (χ0) is 18.1. The van der Waals surface area contributed by atoms with Crippen LogP contribution in [0.15, 0.2) is 58.1 Å². The monoisotopic (exact) mass is 401 g/mol. The van der Waals surface area contributed by atoms with Gasteiger partial charge in [-0.1, -0.05) is 41.9 Å². The number of hydrazone groups is 1. The predicted octanol–water partition coefficient (Wildman–Crippen LogP) is 4.84. The second-order valence-corrected chi connectivity index (χ2v) is 6.70. The van der Waals surface area contributed by atoms with Gasteiger partial charge in [-0.2, -0.15) is 5.10 Å². The van der Waals surface area contributed by atoms with Crippen molar-refractivity contribution < 1.29 is 4.79 Å². The highest BCUT2D eigenvalue weighted by Gasteiger charge is 2.04. The Hall–Kier alpha value is -2.14. The molecule has 0 bridgehead atoms. The van der Waals surface area contributed by atoms with E-state index in [1.54, 1.807) is 18.3 Å². The fourth-order valence-electron chi connectivity index (χ4n) is 2.51. The highest BCUT2D eigenvalue weighted by atomic mass is 79.9. The maximum absolute atomic E-state index is 12.0. The van der Waals surface area contributed by atoms with Crippen LogP contribution in [0.1, 0.15) is 42.6 Å². The van der Waals surface area contributed by atoms with Crippen molar-refractivity contribution in [2.45, 2.75) is 26.7 Å². The number of nitrogens with zero attached hydrogens (tertiary/aromatic N) is 2. The van der Waals surface area contributed by atoms with E-state index in [4.69, 9.17) is 0 Å². The zero-order valence-electron chi connectivity index (χ0n) is 14.7. The van der Waals surface area contributed by atoms with Crippen LogP contribution >= 0.6 is 15.9 Å². The van der Waals surface area contributed by atoms with Crippen molar-refractivity contribution >= 4 is 33.7 Å². The highest BCUT2D eigenvalue weighted by Crippen LogP contribution is 2.15. The third-order valence-electron chi connectivity index (χ3n) is 3.73. The van der Waals surface area contributed by atoms with Crippen molar-refractivity contribution in [2.75, 3.05) is 18.0 Å². The quantitative estimate of drug-likeness (QED) is 0.507. The van der Waals surface area contributed by atoms with E-state index < -0.39 is 0 Å². The minimum Gasteiger partial charge on any atom is -0.372 e. The second-order valence-electron chi connectivity index (χ2n) is 5.78. The minimum atomic E-state index is -0.225. The molecule has 2 aromatic carbocycles. The first-order valence-electron chi connectivity index (χ1n) is 8.58. The molecule has 0 atom stereocenters. The fraction of sp³-hybridized carbons (Fsp3) is 0.300. The van der Waals surface area contributed by atoms with E-state index in [9.17, 15) is 4.79 Å². The molecule has 5 heteroatoms. The van der Waals surface area contributed by atoms with E-state index in [-0.39, 0.29) is 5.91 Å². The molecule has 1 N–H and O–H groups in total. The topological polar surface area (TPSA) is 44.7 Å². The van der Waals surface area contributed by atoms with Gasteiger partial charge < -0.3 is 4.90 Å². The Morgan fingerprint density at radius 2 is 1.64 bits per heavy atom. The molecule has 0 saturated carbocycles. The molecule has 0 aliphatic heterocycles. The van der Waals surface area contributed by atoms with Gasteiger partial charge in [-0.05, 0) is 54.8 Å². The lowest BCUT2D eigenvalue weighted by Crippen LogP contribution is -2.24. The van der Waals surface area contributed by atoms with Crippen molar-refractivity contribution in [2.24, 2.45) is 5.10 Å². The number of amides is 1. The second kappa shape index (κ2) is 9.99. The molecule has 0 aromatic heterocycles. The smallest absolute Gasteiger partial charge is 0.271 e. The maximum atomic E-state index is 12.0. The summed E-state index contributed by atoms with van der Waals surface area (Å²) in [5.41, 5.74) is 5.30. The number of benzene rings is 2. The molecule has 0 saturated heterocycles. The summed E-state index contributed by atoms with van der Waals surface area (Å²) >= 11 is 3.35. The Labute approximate surface area is 158 Å². The van der Waals surface area contributed by atoms with Crippen molar-refractivity contribution in [3.63, 3.8) is 0 Å². The van der Waals surface area contributed by atoms with Crippen LogP contribution in [0.5, 0.6) is 0 Å². The summed E-state index contributed by atoms with van der Waals surface area (Å²) < 4.78 is 0.938. The molecule has 132 valence electrons. The lowest BCUT2D eigenvalue weighted by Gasteiger charge is -2.23. The van der Waals surface area contributed by atoms with Gasteiger partial charge in [0, 0.05) is 28.8 Å². The summed E-state index contributed by atoms with van der Waals surface area (Å²) in [7, 11) is 0. The lowest BCUT2D eigenvalue weighted by molar-refractivity contribution is 0.0955. The molecule has 0 spiro atoms. The van der Waals surface area contributed by atoms with Gasteiger partial charge in [-0.25, -0.2) is 5.43 Å². The number of anilines is 1. The van der Waals surface area contributed by atoms with Gasteiger partial charge in [-0.15, -0.1) is 0 Å². The SMILES string of the molecule is CCCN(CCC)c1ccc(/C=N/NC(=O)c2ccc(Br)cc2)cc1. The Morgan fingerprint density at radius 3 is 2.20 bits per heavy atom. The third-order valence-corrected chi connectivity index (χ3v) is 4.26. The largest absolute Gasteiger partial charge is 0.372 e. The fourth-order valence-corrected chi connectivity index (χ4v) is 2.78. The molecule has 0 aliphatic carbocycles. The Balaban J connectivity index is 1.94. The van der Waals surface area contributed by atoms with Crippen LogP contribution in [0.3, 0.4) is 0 Å². The van der Waals surface area contributed by atoms with E-state index in [2.05, 4.69) is 57.3 Å². The molecule has 0 fully saturated rings. The molecule has 0 radical (unpaired) electrons. The van der Waals surface area contributed by atoms with Crippen LogP contribution in [0.2, 0.25) is 0 Å². The van der Waals surface area contributed by atoms with E-state index in [0.717, 1.165) is 36.0 Å². The molecule has 0 heterocycles. The van der Waals surface area contributed by atoms with Crippen molar-refractivity contribution in [1.82, 2.24) is 5.43 Å². The Kier molecular flexibility index (Phi) is 7.67. The van der Waals surface area contributed by atoms with E-state index in [1.165, 1.54) is 5.69 Å². The van der Waals surface area contributed by atoms with Crippen molar-refractivity contribution in [3.05, 3.63) is 64.1 Å². The number of hydrogen-bond donors (Lipinski definition) is 1. The van der Waals surface area contributed by atoms with Crippen LogP contribution in [0, 0.1) is 0 Å². The summed E-state index contributed by atoms with van der Waals surface area (Å²) in [5.74, 6) is -0.225. The summed E-state index contributed by atoms with van der Waals surface area (Å²) in [6, 6.07) is 15.4. The molecule has 25 heavy (non-hydrogen) atoms. The van der Waals surface area contributed by atoms with Crippen LogP contribution in [0.25, 0.3) is 0 Å². The molecule has 0 aliphatic rings. The van der Waals surface area contributed by atoms with Crippen molar-refractivity contribution in [3.8, 4) is 0 Å². The molecular formula is C20H24BrN3O. The number of rotatable bonds is 8. The van der Waals surface area contributed by atoms with Gasteiger partial charge in [0.05, 0.1) is 6.21 Å². The lowest BCUT2D eigenvalue weighted by atomic mass is 10.2. The summed E-state index contributed by atoms with van der Waals surface area (Å²) in [6.45, 7) is 6.50. The van der Waals surface area contributed by atoms with Gasteiger partial charge in [0.15, 0.2) is 0 Å². The Morgan fingerprint density at radius 1 is 1.04 bits per heavy atom. The first-order chi connectivity index (χ1) is 12.1. The molecule has 2 aromatic rings. The van der Waals surface area contributed by atoms with Gasteiger partial charge in [-0.3, -0.25) is 4.79 Å². The average Bonchev–Trinajstić information content (AvgIpc) is 2.62. The van der Waals surface area contributed by atoms with Gasteiger partial charge in [0.25, 0.3) is 5.91 Å². The van der Waals surface area contributed by atoms with Gasteiger partial charge >= 0.3 is 0 Å². The third kappa shape index (κ3) is 6.02. The maximum Gasteiger partial charge on any atom is 0.271 e. The summed E-state index contributed by atoms with van der Waals surface area (Å²) in [4.78, 5) is 14.4. The van der Waals surface area contributed by atoms with E-state index in [0.29, 0.717) is 5.56 Å². The molecule has 0 unspecified atom stereocenters. The summed E-state index contributed by atoms with van der Waals surface area (Å²) in [5, 5.41) is 4.04.